The molecule has 34 heavy (non-hydrogen) atoms. The van der Waals surface area contributed by atoms with Crippen LogP contribution < -0.4 is 9.30 Å². The van der Waals surface area contributed by atoms with Gasteiger partial charge in [-0.3, -0.25) is 0 Å². The molecule has 6 nitrogen and oxygen atoms in total. The van der Waals surface area contributed by atoms with Crippen molar-refractivity contribution in [2.45, 2.75) is 0 Å². The third-order valence-electron chi connectivity index (χ3n) is 5.20. The van der Waals surface area contributed by atoms with Crippen molar-refractivity contribution in [3.63, 3.8) is 0 Å². The van der Waals surface area contributed by atoms with E-state index in [-0.39, 0.29) is 21.1 Å². The third kappa shape index (κ3) is 4.04. The second-order valence-corrected chi connectivity index (χ2v) is 7.24. The fraction of sp³-hybridized carbons (Fsp3) is 0. The Kier molecular flexibility index (Phi) is 6.06. The molecule has 0 fully saturated rings. The van der Waals surface area contributed by atoms with Gasteiger partial charge in [-0.2, -0.15) is 29.2 Å². The van der Waals surface area contributed by atoms with E-state index in [1.165, 1.54) is 6.26 Å². The van der Waals surface area contributed by atoms with Gasteiger partial charge in [0.1, 0.15) is 5.82 Å². The summed E-state index contributed by atoms with van der Waals surface area (Å²) >= 11 is 0. The van der Waals surface area contributed by atoms with Crippen molar-refractivity contribution in [3.05, 3.63) is 122 Å². The number of para-hydroxylation sites is 2. The summed E-state index contributed by atoms with van der Waals surface area (Å²) in [5.74, 6) is 1.52. The number of nitrogens with zero attached hydrogens (tertiary/aromatic N) is 4. The molecule has 0 aliphatic carbocycles. The SMILES string of the molecule is [C-]1=C([n+]2[c-]nccc2)C=COC=C1Oc1cccc(-n2c3[c-]cccc3c3ccccc32)n1.[Pt]. The maximum absolute atomic E-state index is 6.03. The van der Waals surface area contributed by atoms with Gasteiger partial charge in [0.05, 0.1) is 6.20 Å². The molecular formula is C27H16N4O2Pt-2. The number of allylic oxidation sites excluding steroid dienone is 3. The molecule has 0 atom stereocenters. The zero-order valence-electron chi connectivity index (χ0n) is 17.7. The number of hydrogen-bond donors (Lipinski definition) is 0. The summed E-state index contributed by atoms with van der Waals surface area (Å²) < 4.78 is 15.2. The smallest absolute Gasteiger partial charge is 0.286 e. The summed E-state index contributed by atoms with van der Waals surface area (Å²) in [4.78, 5) is 8.78. The molecule has 168 valence electrons. The Labute approximate surface area is 210 Å². The number of fused-ring (bicyclic) bond motifs is 3. The predicted molar refractivity (Wildman–Crippen MR) is 123 cm³/mol. The van der Waals surface area contributed by atoms with E-state index in [2.05, 4.69) is 46.2 Å². The van der Waals surface area contributed by atoms with E-state index in [1.807, 2.05) is 48.7 Å². The molecule has 3 aromatic heterocycles. The van der Waals surface area contributed by atoms with Crippen molar-refractivity contribution >= 4 is 27.5 Å². The van der Waals surface area contributed by atoms with E-state index in [0.29, 0.717) is 17.3 Å². The van der Waals surface area contributed by atoms with Crippen molar-refractivity contribution in [2.24, 2.45) is 0 Å². The van der Waals surface area contributed by atoms with Crippen LogP contribution in [0.4, 0.5) is 0 Å². The molecule has 0 saturated heterocycles. The standard InChI is InChI=1S/C27H16N4O2.Pt/c1-3-9-24-22(7-1)23-8-2-4-10-25(23)31(24)26-11-5-12-27(29-26)33-21-17-20(13-16-32-18-21)30-15-6-14-28-19-30;/h1-9,11-16,18H;/q-2;. The van der Waals surface area contributed by atoms with Crippen LogP contribution in [0.15, 0.2) is 103 Å². The molecule has 0 saturated carbocycles. The van der Waals surface area contributed by atoms with Crippen LogP contribution in [0.2, 0.25) is 0 Å². The molecule has 4 heterocycles. The van der Waals surface area contributed by atoms with E-state index >= 15 is 0 Å². The van der Waals surface area contributed by atoms with Gasteiger partial charge in [0.15, 0.2) is 0 Å². The number of pyridine rings is 1. The van der Waals surface area contributed by atoms with Crippen LogP contribution in [0.1, 0.15) is 0 Å². The molecule has 0 spiro atoms. The summed E-state index contributed by atoms with van der Waals surface area (Å²) in [5.41, 5.74) is 2.68. The van der Waals surface area contributed by atoms with Crippen molar-refractivity contribution in [2.75, 3.05) is 0 Å². The van der Waals surface area contributed by atoms with E-state index in [9.17, 15) is 0 Å². The predicted octanol–water partition coefficient (Wildman–Crippen LogP) is 4.57. The van der Waals surface area contributed by atoms with Gasteiger partial charge in [-0.25, -0.2) is 0 Å². The van der Waals surface area contributed by atoms with E-state index in [4.69, 9.17) is 14.5 Å². The van der Waals surface area contributed by atoms with Gasteiger partial charge in [0.25, 0.3) is 6.33 Å². The molecule has 1 aliphatic rings. The molecule has 0 N–H and O–H groups in total. The van der Waals surface area contributed by atoms with Crippen LogP contribution in [0, 0.1) is 18.5 Å². The molecule has 1 aliphatic heterocycles. The van der Waals surface area contributed by atoms with Crippen LogP contribution >= 0.6 is 0 Å². The number of benzene rings is 2. The average molecular weight is 624 g/mol. The zero-order chi connectivity index (χ0) is 22.0. The van der Waals surface area contributed by atoms with Crippen molar-refractivity contribution in [1.82, 2.24) is 14.5 Å². The summed E-state index contributed by atoms with van der Waals surface area (Å²) in [7, 11) is 0. The Morgan fingerprint density at radius 3 is 2.79 bits per heavy atom. The summed E-state index contributed by atoms with van der Waals surface area (Å²) in [5, 5.41) is 2.27. The average Bonchev–Trinajstić information content (AvgIpc) is 3.02. The van der Waals surface area contributed by atoms with Crippen LogP contribution in [-0.2, 0) is 25.8 Å². The maximum atomic E-state index is 6.03. The molecule has 0 radical (unpaired) electrons. The van der Waals surface area contributed by atoms with Crippen LogP contribution in [-0.4, -0.2) is 14.5 Å². The Balaban J connectivity index is 0.00000241. The Morgan fingerprint density at radius 1 is 0.971 bits per heavy atom. The molecule has 7 heteroatoms. The molecule has 6 rings (SSSR count). The second kappa shape index (κ2) is 9.46. The molecule has 0 unspecified atom stereocenters. The first-order valence-corrected chi connectivity index (χ1v) is 10.3. The minimum atomic E-state index is 0. The first kappa shape index (κ1) is 21.8. The van der Waals surface area contributed by atoms with Gasteiger partial charge in [-0.15, -0.1) is 22.5 Å². The Hall–Kier alpha value is -4.02. The van der Waals surface area contributed by atoms with Crippen molar-refractivity contribution in [3.8, 4) is 11.7 Å². The number of rotatable bonds is 4. The van der Waals surface area contributed by atoms with Gasteiger partial charge in [0.2, 0.25) is 5.88 Å². The minimum Gasteiger partial charge on any atom is -0.539 e. The summed E-state index contributed by atoms with van der Waals surface area (Å²) in [6.45, 7) is 0. The van der Waals surface area contributed by atoms with Crippen molar-refractivity contribution in [1.29, 1.82) is 0 Å². The van der Waals surface area contributed by atoms with Gasteiger partial charge in [0, 0.05) is 57.1 Å². The maximum Gasteiger partial charge on any atom is 0.286 e. The van der Waals surface area contributed by atoms with Crippen LogP contribution in [0.25, 0.3) is 33.3 Å². The molecular weight excluding hydrogens is 607 g/mol. The number of ether oxygens (including phenoxy) is 2. The Morgan fingerprint density at radius 2 is 1.88 bits per heavy atom. The number of aromatic nitrogens is 4. The first-order chi connectivity index (χ1) is 16.4. The quantitative estimate of drug-likeness (QED) is 0.218. The zero-order valence-corrected chi connectivity index (χ0v) is 19.9. The van der Waals surface area contributed by atoms with Crippen LogP contribution in [0.5, 0.6) is 5.88 Å². The normalized spacial score (nSPS) is 12.9. The van der Waals surface area contributed by atoms with Crippen molar-refractivity contribution < 1.29 is 35.1 Å². The third-order valence-corrected chi connectivity index (χ3v) is 5.20. The molecule has 5 aromatic rings. The van der Waals surface area contributed by atoms with Gasteiger partial charge < -0.3 is 18.6 Å². The van der Waals surface area contributed by atoms with E-state index < -0.39 is 0 Å². The van der Waals surface area contributed by atoms with E-state index in [0.717, 1.165) is 27.6 Å². The first-order valence-electron chi connectivity index (χ1n) is 10.3. The second-order valence-electron chi connectivity index (χ2n) is 7.24. The molecule has 0 amide bonds. The number of hydrogen-bond acceptors (Lipinski definition) is 4. The molecule has 0 bridgehead atoms. The monoisotopic (exact) mass is 623 g/mol. The van der Waals surface area contributed by atoms with Gasteiger partial charge in [-0.1, -0.05) is 41.5 Å². The minimum absolute atomic E-state index is 0. The largest absolute Gasteiger partial charge is 0.539 e. The van der Waals surface area contributed by atoms with Gasteiger partial charge >= 0.3 is 0 Å². The fourth-order valence-electron chi connectivity index (χ4n) is 3.81. The van der Waals surface area contributed by atoms with Crippen LogP contribution in [0.3, 0.4) is 0 Å². The fourth-order valence-corrected chi connectivity index (χ4v) is 3.81. The van der Waals surface area contributed by atoms with E-state index in [1.54, 1.807) is 29.2 Å². The molecule has 2 aromatic carbocycles. The van der Waals surface area contributed by atoms with Gasteiger partial charge in [-0.05, 0) is 17.5 Å². The topological polar surface area (TPSA) is 53.1 Å². The summed E-state index contributed by atoms with van der Waals surface area (Å²) in [6, 6.07) is 25.1. The Bertz CT molecular complexity index is 1520. The summed E-state index contributed by atoms with van der Waals surface area (Å²) in [6.07, 6.45) is 14.3.